The molecule has 2 nitrogen and oxygen atoms in total. The maximum atomic E-state index is 14.3. The summed E-state index contributed by atoms with van der Waals surface area (Å²) in [6, 6.07) is 7.20. The summed E-state index contributed by atoms with van der Waals surface area (Å²) in [6.07, 6.45) is 6.18. The van der Waals surface area contributed by atoms with Crippen LogP contribution in [0.5, 0.6) is 0 Å². The Bertz CT molecular complexity index is 454. The Morgan fingerprint density at radius 2 is 1.71 bits per heavy atom. The molecular weight excluding hydrogens is 263 g/mol. The first-order valence-electron chi connectivity index (χ1n) is 8.43. The summed E-state index contributed by atoms with van der Waals surface area (Å²) in [5, 5.41) is 0. The number of rotatable bonds is 8. The average molecular weight is 290 g/mol. The van der Waals surface area contributed by atoms with E-state index in [1.54, 1.807) is 12.1 Å². The molecule has 0 saturated heterocycles. The minimum absolute atomic E-state index is 0.000556. The van der Waals surface area contributed by atoms with E-state index in [1.807, 2.05) is 12.1 Å². The fourth-order valence-electron chi connectivity index (χ4n) is 3.20. The van der Waals surface area contributed by atoms with Crippen molar-refractivity contribution in [1.29, 1.82) is 0 Å². The molecule has 3 rings (SSSR count). The zero-order valence-corrected chi connectivity index (χ0v) is 13.0. The molecule has 0 spiro atoms. The van der Waals surface area contributed by atoms with Gasteiger partial charge < -0.3 is 5.73 Å². The Balaban J connectivity index is 1.85. The van der Waals surface area contributed by atoms with Gasteiger partial charge in [0.2, 0.25) is 0 Å². The molecule has 116 valence electrons. The molecule has 2 aliphatic carbocycles. The third-order valence-electron chi connectivity index (χ3n) is 4.87. The molecule has 2 fully saturated rings. The molecule has 0 aromatic heterocycles. The van der Waals surface area contributed by atoms with E-state index in [0.29, 0.717) is 0 Å². The molecule has 2 saturated carbocycles. The van der Waals surface area contributed by atoms with Gasteiger partial charge in [-0.25, -0.2) is 4.39 Å². The molecule has 0 radical (unpaired) electrons. The van der Waals surface area contributed by atoms with Crippen LogP contribution >= 0.6 is 0 Å². The van der Waals surface area contributed by atoms with Gasteiger partial charge in [0.05, 0.1) is 6.04 Å². The number of benzene rings is 1. The average Bonchev–Trinajstić information content (AvgIpc) is 3.37. The van der Waals surface area contributed by atoms with Crippen molar-refractivity contribution in [3.05, 3.63) is 35.6 Å². The van der Waals surface area contributed by atoms with Crippen LogP contribution in [0.3, 0.4) is 0 Å². The van der Waals surface area contributed by atoms with Gasteiger partial charge in [-0.1, -0.05) is 25.1 Å². The van der Waals surface area contributed by atoms with Crippen molar-refractivity contribution in [2.75, 3.05) is 13.1 Å². The first kappa shape index (κ1) is 15.0. The fraction of sp³-hybridized carbons (Fsp3) is 0.667. The fourth-order valence-corrected chi connectivity index (χ4v) is 3.20. The van der Waals surface area contributed by atoms with Crippen LogP contribution in [-0.2, 0) is 0 Å². The molecule has 2 aliphatic rings. The van der Waals surface area contributed by atoms with Gasteiger partial charge >= 0.3 is 0 Å². The summed E-state index contributed by atoms with van der Waals surface area (Å²) in [6.45, 7) is 4.28. The topological polar surface area (TPSA) is 29.3 Å². The SMILES string of the molecule is CCC(N)C(c1ccccc1F)N(CC1CC1)CC1CC1. The smallest absolute Gasteiger partial charge is 0.128 e. The van der Waals surface area contributed by atoms with Crippen molar-refractivity contribution in [3.63, 3.8) is 0 Å². The van der Waals surface area contributed by atoms with Gasteiger partial charge in [0.15, 0.2) is 0 Å². The lowest BCUT2D eigenvalue weighted by atomic mass is 9.95. The number of hydrogen-bond acceptors (Lipinski definition) is 2. The summed E-state index contributed by atoms with van der Waals surface area (Å²) in [5.41, 5.74) is 7.19. The summed E-state index contributed by atoms with van der Waals surface area (Å²) < 4.78 is 14.3. The lowest BCUT2D eigenvalue weighted by molar-refractivity contribution is 0.151. The summed E-state index contributed by atoms with van der Waals surface area (Å²) in [5.74, 6) is 1.51. The van der Waals surface area contributed by atoms with Crippen molar-refractivity contribution in [1.82, 2.24) is 4.90 Å². The van der Waals surface area contributed by atoms with Crippen LogP contribution in [0.15, 0.2) is 24.3 Å². The Hall–Kier alpha value is -0.930. The molecular formula is C18H27FN2. The lowest BCUT2D eigenvalue weighted by Crippen LogP contribution is -2.43. The second-order valence-corrected chi connectivity index (χ2v) is 6.88. The normalized spacial score (nSPS) is 21.5. The van der Waals surface area contributed by atoms with Crippen LogP contribution in [0.2, 0.25) is 0 Å². The van der Waals surface area contributed by atoms with Gasteiger partial charge in [0.25, 0.3) is 0 Å². The Morgan fingerprint density at radius 1 is 1.14 bits per heavy atom. The standard InChI is InChI=1S/C18H27FN2/c1-2-17(20)18(15-5-3-4-6-16(15)19)21(11-13-7-8-13)12-14-9-10-14/h3-6,13-14,17-18H,2,7-12,20H2,1H3. The van der Waals surface area contributed by atoms with Gasteiger partial charge in [0.1, 0.15) is 5.82 Å². The van der Waals surface area contributed by atoms with E-state index in [1.165, 1.54) is 25.7 Å². The molecule has 0 heterocycles. The minimum atomic E-state index is -0.108. The van der Waals surface area contributed by atoms with E-state index in [4.69, 9.17) is 5.73 Å². The van der Waals surface area contributed by atoms with Crippen molar-refractivity contribution in [2.45, 2.75) is 51.1 Å². The van der Waals surface area contributed by atoms with E-state index in [2.05, 4.69) is 11.8 Å². The van der Waals surface area contributed by atoms with Gasteiger partial charge in [-0.2, -0.15) is 0 Å². The van der Waals surface area contributed by atoms with Crippen LogP contribution in [0.4, 0.5) is 4.39 Å². The van der Waals surface area contributed by atoms with Gasteiger partial charge in [-0.3, -0.25) is 4.90 Å². The largest absolute Gasteiger partial charge is 0.326 e. The molecule has 0 bridgehead atoms. The molecule has 1 aromatic carbocycles. The van der Waals surface area contributed by atoms with E-state index >= 15 is 0 Å². The predicted octanol–water partition coefficient (Wildman–Crippen LogP) is 3.73. The van der Waals surface area contributed by atoms with E-state index in [9.17, 15) is 4.39 Å². The quantitative estimate of drug-likeness (QED) is 0.790. The third-order valence-corrected chi connectivity index (χ3v) is 4.87. The highest BCUT2D eigenvalue weighted by Crippen LogP contribution is 2.38. The number of nitrogens with zero attached hydrogens (tertiary/aromatic N) is 1. The summed E-state index contributed by atoms with van der Waals surface area (Å²) >= 11 is 0. The van der Waals surface area contributed by atoms with E-state index in [-0.39, 0.29) is 17.9 Å². The highest BCUT2D eigenvalue weighted by Gasteiger charge is 2.35. The van der Waals surface area contributed by atoms with Crippen LogP contribution in [0.25, 0.3) is 0 Å². The molecule has 2 unspecified atom stereocenters. The Kier molecular flexibility index (Phi) is 4.60. The molecule has 21 heavy (non-hydrogen) atoms. The van der Waals surface area contributed by atoms with Crippen LogP contribution in [0.1, 0.15) is 50.6 Å². The van der Waals surface area contributed by atoms with E-state index in [0.717, 1.165) is 36.9 Å². The Labute approximate surface area is 127 Å². The molecule has 3 heteroatoms. The number of hydrogen-bond donors (Lipinski definition) is 1. The minimum Gasteiger partial charge on any atom is -0.326 e. The summed E-state index contributed by atoms with van der Waals surface area (Å²) in [7, 11) is 0. The maximum Gasteiger partial charge on any atom is 0.128 e. The van der Waals surface area contributed by atoms with Crippen molar-refractivity contribution < 1.29 is 4.39 Å². The predicted molar refractivity (Wildman–Crippen MR) is 84.4 cm³/mol. The molecule has 2 atom stereocenters. The summed E-state index contributed by atoms with van der Waals surface area (Å²) in [4.78, 5) is 2.49. The highest BCUT2D eigenvalue weighted by molar-refractivity contribution is 5.23. The van der Waals surface area contributed by atoms with Crippen molar-refractivity contribution in [2.24, 2.45) is 17.6 Å². The maximum absolute atomic E-state index is 14.3. The number of halogens is 1. The van der Waals surface area contributed by atoms with Gasteiger partial charge in [0, 0.05) is 24.7 Å². The van der Waals surface area contributed by atoms with Gasteiger partial charge in [-0.05, 0) is 50.0 Å². The number of nitrogens with two attached hydrogens (primary N) is 1. The molecule has 1 aromatic rings. The zero-order chi connectivity index (χ0) is 14.8. The van der Waals surface area contributed by atoms with Gasteiger partial charge in [-0.15, -0.1) is 0 Å². The van der Waals surface area contributed by atoms with Crippen LogP contribution < -0.4 is 5.73 Å². The Morgan fingerprint density at radius 3 is 2.19 bits per heavy atom. The highest BCUT2D eigenvalue weighted by atomic mass is 19.1. The lowest BCUT2D eigenvalue weighted by Gasteiger charge is -2.36. The van der Waals surface area contributed by atoms with Crippen LogP contribution in [0, 0.1) is 17.7 Å². The van der Waals surface area contributed by atoms with Crippen molar-refractivity contribution in [3.8, 4) is 0 Å². The first-order chi connectivity index (χ1) is 10.2. The first-order valence-corrected chi connectivity index (χ1v) is 8.43. The van der Waals surface area contributed by atoms with E-state index < -0.39 is 0 Å². The monoisotopic (exact) mass is 290 g/mol. The second kappa shape index (κ2) is 6.45. The molecule has 0 amide bonds. The van der Waals surface area contributed by atoms with Crippen molar-refractivity contribution >= 4 is 0 Å². The molecule has 2 N–H and O–H groups in total. The third kappa shape index (κ3) is 3.83. The molecule has 0 aliphatic heterocycles. The van der Waals surface area contributed by atoms with Crippen LogP contribution in [-0.4, -0.2) is 24.0 Å². The zero-order valence-electron chi connectivity index (χ0n) is 13.0. The second-order valence-electron chi connectivity index (χ2n) is 6.88.